The first-order chi connectivity index (χ1) is 8.00. The number of carbonyl (C=O) groups excluding carboxylic acids is 1. The van der Waals surface area contributed by atoms with Crippen molar-refractivity contribution in [3.63, 3.8) is 0 Å². The largest absolute Gasteiger partial charge is 0.398 e. The summed E-state index contributed by atoms with van der Waals surface area (Å²) in [5.41, 5.74) is 8.48. The summed E-state index contributed by atoms with van der Waals surface area (Å²) in [5, 5.41) is 0. The van der Waals surface area contributed by atoms with Gasteiger partial charge in [0.15, 0.2) is 5.78 Å². The van der Waals surface area contributed by atoms with Crippen LogP contribution in [0.15, 0.2) is 27.2 Å². The number of ketones is 1. The molecule has 0 aromatic heterocycles. The number of hydrogen-bond acceptors (Lipinski definition) is 2. The third-order valence-corrected chi connectivity index (χ3v) is 5.14. The van der Waals surface area contributed by atoms with E-state index >= 15 is 0 Å². The first kappa shape index (κ1) is 12.8. The highest BCUT2D eigenvalue weighted by Gasteiger charge is 2.28. The molecular weight excluding hydrogens is 346 g/mol. The van der Waals surface area contributed by atoms with Crippen molar-refractivity contribution in [1.82, 2.24) is 0 Å². The highest BCUT2D eigenvalue weighted by atomic mass is 79.9. The molecule has 1 aromatic rings. The molecule has 0 atom stereocenters. The van der Waals surface area contributed by atoms with Gasteiger partial charge in [0.25, 0.3) is 0 Å². The van der Waals surface area contributed by atoms with Crippen molar-refractivity contribution in [3.05, 3.63) is 38.3 Å². The van der Waals surface area contributed by atoms with Gasteiger partial charge in [0.05, 0.1) is 0 Å². The first-order valence-corrected chi connectivity index (χ1v) is 7.05. The summed E-state index contributed by atoms with van der Waals surface area (Å²) in [6.45, 7) is 1.98. The fraction of sp³-hybridized carbons (Fsp3) is 0.308. The zero-order valence-corrected chi connectivity index (χ0v) is 12.6. The summed E-state index contributed by atoms with van der Waals surface area (Å²) in [6, 6.07) is 3.85. The molecular formula is C13H13Br2NO. The molecule has 1 aliphatic carbocycles. The predicted molar refractivity (Wildman–Crippen MR) is 76.5 cm³/mol. The third kappa shape index (κ3) is 2.80. The Labute approximate surface area is 118 Å². The van der Waals surface area contributed by atoms with E-state index in [2.05, 4.69) is 31.9 Å². The average molecular weight is 359 g/mol. The molecule has 1 aliphatic rings. The summed E-state index contributed by atoms with van der Waals surface area (Å²) in [5.74, 6) is 0.369. The zero-order valence-electron chi connectivity index (χ0n) is 9.47. The number of nitrogens with two attached hydrogens (primary N) is 1. The maximum Gasteiger partial charge on any atom is 0.160 e. The Hall–Kier alpha value is -0.610. The van der Waals surface area contributed by atoms with Gasteiger partial charge < -0.3 is 5.73 Å². The maximum absolute atomic E-state index is 11.7. The number of carbonyl (C=O) groups is 1. The van der Waals surface area contributed by atoms with Crippen molar-refractivity contribution >= 4 is 43.3 Å². The Bertz CT molecular complexity index is 504. The SMILES string of the molecule is Cc1c(C(N)=CC(=O)C2CC2)ccc(Br)c1Br. The zero-order chi connectivity index (χ0) is 12.6. The molecule has 4 heteroatoms. The second kappa shape index (κ2) is 4.94. The Morgan fingerprint density at radius 1 is 1.41 bits per heavy atom. The molecule has 1 aromatic carbocycles. The summed E-state index contributed by atoms with van der Waals surface area (Å²) in [7, 11) is 0. The van der Waals surface area contributed by atoms with Gasteiger partial charge in [-0.15, -0.1) is 0 Å². The van der Waals surface area contributed by atoms with Gasteiger partial charge in [0, 0.05) is 32.2 Å². The molecule has 0 heterocycles. The fourth-order valence-electron chi connectivity index (χ4n) is 1.68. The van der Waals surface area contributed by atoms with E-state index in [0.717, 1.165) is 32.9 Å². The van der Waals surface area contributed by atoms with Crippen LogP contribution in [0.1, 0.15) is 24.0 Å². The van der Waals surface area contributed by atoms with Crippen molar-refractivity contribution in [3.8, 4) is 0 Å². The molecule has 0 spiro atoms. The molecule has 17 heavy (non-hydrogen) atoms. The average Bonchev–Trinajstić information content (AvgIpc) is 3.09. The number of rotatable bonds is 3. The third-order valence-electron chi connectivity index (χ3n) is 2.93. The van der Waals surface area contributed by atoms with Crippen LogP contribution in [0.4, 0.5) is 0 Å². The number of hydrogen-bond donors (Lipinski definition) is 1. The standard InChI is InChI=1S/C13H13Br2NO/c1-7-9(4-5-10(14)13(7)15)11(16)6-12(17)8-2-3-8/h4-6,8H,2-3,16H2,1H3. The smallest absolute Gasteiger partial charge is 0.160 e. The van der Waals surface area contributed by atoms with Crippen LogP contribution in [0.5, 0.6) is 0 Å². The van der Waals surface area contributed by atoms with E-state index in [1.807, 2.05) is 19.1 Å². The number of halogens is 2. The molecule has 0 aliphatic heterocycles. The highest BCUT2D eigenvalue weighted by molar-refractivity contribution is 9.13. The molecule has 0 saturated heterocycles. The van der Waals surface area contributed by atoms with E-state index in [1.165, 1.54) is 0 Å². The van der Waals surface area contributed by atoms with Crippen molar-refractivity contribution in [2.75, 3.05) is 0 Å². The van der Waals surface area contributed by atoms with Gasteiger partial charge >= 0.3 is 0 Å². The molecule has 0 amide bonds. The van der Waals surface area contributed by atoms with Gasteiger partial charge in [-0.05, 0) is 63.3 Å². The van der Waals surface area contributed by atoms with Gasteiger partial charge in [0.2, 0.25) is 0 Å². The van der Waals surface area contributed by atoms with Crippen LogP contribution in [0.3, 0.4) is 0 Å². The molecule has 1 saturated carbocycles. The minimum absolute atomic E-state index is 0.154. The Kier molecular flexibility index (Phi) is 3.73. The van der Waals surface area contributed by atoms with Gasteiger partial charge in [0.1, 0.15) is 0 Å². The lowest BCUT2D eigenvalue weighted by molar-refractivity contribution is -0.115. The summed E-state index contributed by atoms with van der Waals surface area (Å²) >= 11 is 6.93. The lowest BCUT2D eigenvalue weighted by Crippen LogP contribution is -2.04. The molecule has 2 nitrogen and oxygen atoms in total. The summed E-state index contributed by atoms with van der Waals surface area (Å²) < 4.78 is 1.96. The van der Waals surface area contributed by atoms with Gasteiger partial charge in [-0.3, -0.25) is 4.79 Å². The maximum atomic E-state index is 11.7. The van der Waals surface area contributed by atoms with Crippen LogP contribution >= 0.6 is 31.9 Å². The van der Waals surface area contributed by atoms with E-state index < -0.39 is 0 Å². The van der Waals surface area contributed by atoms with Crippen LogP contribution in [0.2, 0.25) is 0 Å². The van der Waals surface area contributed by atoms with Crippen molar-refractivity contribution in [2.45, 2.75) is 19.8 Å². The monoisotopic (exact) mass is 357 g/mol. The number of benzene rings is 1. The van der Waals surface area contributed by atoms with E-state index in [9.17, 15) is 4.79 Å². The van der Waals surface area contributed by atoms with Crippen LogP contribution in [-0.2, 0) is 4.79 Å². The van der Waals surface area contributed by atoms with Gasteiger partial charge in [-0.25, -0.2) is 0 Å². The Morgan fingerprint density at radius 3 is 2.65 bits per heavy atom. The van der Waals surface area contributed by atoms with Gasteiger partial charge in [-0.2, -0.15) is 0 Å². The van der Waals surface area contributed by atoms with Crippen molar-refractivity contribution < 1.29 is 4.79 Å². The minimum Gasteiger partial charge on any atom is -0.398 e. The molecule has 2 rings (SSSR count). The predicted octanol–water partition coefficient (Wildman–Crippen LogP) is 3.80. The van der Waals surface area contributed by atoms with E-state index in [-0.39, 0.29) is 11.7 Å². The summed E-state index contributed by atoms with van der Waals surface area (Å²) in [4.78, 5) is 11.7. The van der Waals surface area contributed by atoms with Crippen molar-refractivity contribution in [2.24, 2.45) is 11.7 Å². The molecule has 2 N–H and O–H groups in total. The second-order valence-electron chi connectivity index (χ2n) is 4.31. The quantitative estimate of drug-likeness (QED) is 0.835. The van der Waals surface area contributed by atoms with Crippen LogP contribution < -0.4 is 5.73 Å². The van der Waals surface area contributed by atoms with E-state index in [1.54, 1.807) is 6.08 Å². The summed E-state index contributed by atoms with van der Waals surface area (Å²) in [6.07, 6.45) is 3.58. The molecule has 0 radical (unpaired) electrons. The first-order valence-electron chi connectivity index (χ1n) is 5.46. The minimum atomic E-state index is 0.154. The molecule has 90 valence electrons. The Morgan fingerprint density at radius 2 is 2.06 bits per heavy atom. The topological polar surface area (TPSA) is 43.1 Å². The van der Waals surface area contributed by atoms with Gasteiger partial charge in [-0.1, -0.05) is 6.07 Å². The molecule has 0 bridgehead atoms. The van der Waals surface area contributed by atoms with E-state index in [4.69, 9.17) is 5.73 Å². The molecule has 0 unspecified atom stereocenters. The lowest BCUT2D eigenvalue weighted by Gasteiger charge is -2.09. The van der Waals surface area contributed by atoms with E-state index in [0.29, 0.717) is 5.70 Å². The van der Waals surface area contributed by atoms with Crippen LogP contribution in [0, 0.1) is 12.8 Å². The Balaban J connectivity index is 2.33. The normalized spacial score (nSPS) is 16.1. The fourth-order valence-corrected chi connectivity index (χ4v) is 2.46. The number of allylic oxidation sites excluding steroid dienone is 1. The lowest BCUT2D eigenvalue weighted by atomic mass is 10.0. The van der Waals surface area contributed by atoms with Crippen molar-refractivity contribution in [1.29, 1.82) is 0 Å². The highest BCUT2D eigenvalue weighted by Crippen LogP contribution is 2.33. The van der Waals surface area contributed by atoms with Crippen LogP contribution in [-0.4, -0.2) is 5.78 Å². The van der Waals surface area contributed by atoms with Crippen LogP contribution in [0.25, 0.3) is 5.70 Å². The molecule has 1 fully saturated rings. The second-order valence-corrected chi connectivity index (χ2v) is 5.96.